The Labute approximate surface area is 93.2 Å². The molecule has 0 aliphatic heterocycles. The van der Waals surface area contributed by atoms with Gasteiger partial charge in [-0.1, -0.05) is 24.3 Å². The van der Waals surface area contributed by atoms with Gasteiger partial charge in [-0.2, -0.15) is 0 Å². The van der Waals surface area contributed by atoms with Crippen LogP contribution in [0.3, 0.4) is 0 Å². The smallest absolute Gasteiger partial charge is 0.165 e. The molecule has 0 bridgehead atoms. The molecule has 0 saturated heterocycles. The highest BCUT2D eigenvalue weighted by Crippen LogP contribution is 2.41. The van der Waals surface area contributed by atoms with Gasteiger partial charge in [0.2, 0.25) is 0 Å². The summed E-state index contributed by atoms with van der Waals surface area (Å²) in [5.41, 5.74) is 1.80. The number of aryl methyl sites for hydroxylation is 1. The van der Waals surface area contributed by atoms with Crippen molar-refractivity contribution in [2.75, 3.05) is 0 Å². The van der Waals surface area contributed by atoms with Crippen LogP contribution in [0.25, 0.3) is 11.1 Å². The zero-order valence-corrected chi connectivity index (χ0v) is 8.81. The first kappa shape index (κ1) is 10.4. The first-order valence-electron chi connectivity index (χ1n) is 4.91. The van der Waals surface area contributed by atoms with Crippen LogP contribution in [-0.2, 0) is 0 Å². The molecule has 3 N–H and O–H groups in total. The summed E-state index contributed by atoms with van der Waals surface area (Å²) >= 11 is 0. The molecule has 0 amide bonds. The number of hydrogen-bond acceptors (Lipinski definition) is 3. The lowest BCUT2D eigenvalue weighted by atomic mass is 9.98. The molecule has 2 aromatic rings. The van der Waals surface area contributed by atoms with Crippen molar-refractivity contribution < 1.29 is 15.3 Å². The number of hydrogen-bond donors (Lipinski definition) is 3. The van der Waals surface area contributed by atoms with Crippen LogP contribution in [-0.4, -0.2) is 15.3 Å². The summed E-state index contributed by atoms with van der Waals surface area (Å²) in [7, 11) is 0. The molecule has 0 aliphatic rings. The fourth-order valence-corrected chi connectivity index (χ4v) is 1.74. The molecule has 3 heteroatoms. The van der Waals surface area contributed by atoms with Crippen molar-refractivity contribution in [3.8, 4) is 28.4 Å². The molecule has 2 rings (SSSR count). The standard InChI is InChI=1S/C13H12O3/c1-8-4-2-6-10(14)12(8)9-5-3-7-11(15)13(9)16/h2-7,14-16H,1H3. The van der Waals surface area contributed by atoms with Crippen LogP contribution < -0.4 is 0 Å². The van der Waals surface area contributed by atoms with Crippen LogP contribution in [0, 0.1) is 6.92 Å². The summed E-state index contributed by atoms with van der Waals surface area (Å²) < 4.78 is 0. The maximum absolute atomic E-state index is 9.77. The SMILES string of the molecule is Cc1cccc(O)c1-c1cccc(O)c1O. The lowest BCUT2D eigenvalue weighted by molar-refractivity contribution is 0.404. The third-order valence-electron chi connectivity index (χ3n) is 2.53. The van der Waals surface area contributed by atoms with Crippen molar-refractivity contribution in [2.24, 2.45) is 0 Å². The molecule has 0 radical (unpaired) electrons. The van der Waals surface area contributed by atoms with E-state index in [9.17, 15) is 15.3 Å². The molecule has 3 nitrogen and oxygen atoms in total. The minimum absolute atomic E-state index is 0.0842. The van der Waals surface area contributed by atoms with Gasteiger partial charge in [0, 0.05) is 11.1 Å². The molecule has 0 fully saturated rings. The van der Waals surface area contributed by atoms with Crippen molar-refractivity contribution in [3.05, 3.63) is 42.0 Å². The summed E-state index contributed by atoms with van der Waals surface area (Å²) in [5, 5.41) is 28.9. The first-order valence-corrected chi connectivity index (χ1v) is 4.91. The monoisotopic (exact) mass is 216 g/mol. The Morgan fingerprint density at radius 1 is 0.812 bits per heavy atom. The Morgan fingerprint density at radius 3 is 2.12 bits per heavy atom. The number of phenols is 3. The number of benzene rings is 2. The fourth-order valence-electron chi connectivity index (χ4n) is 1.74. The zero-order chi connectivity index (χ0) is 11.7. The number of para-hydroxylation sites is 1. The molecule has 0 aliphatic carbocycles. The molecular formula is C13H12O3. The largest absolute Gasteiger partial charge is 0.507 e. The summed E-state index contributed by atoms with van der Waals surface area (Å²) in [6.07, 6.45) is 0. The minimum atomic E-state index is -0.216. The second-order valence-electron chi connectivity index (χ2n) is 3.64. The van der Waals surface area contributed by atoms with Gasteiger partial charge in [0.1, 0.15) is 5.75 Å². The van der Waals surface area contributed by atoms with Crippen LogP contribution in [0.5, 0.6) is 17.2 Å². The van der Waals surface area contributed by atoms with Gasteiger partial charge in [-0.3, -0.25) is 0 Å². The van der Waals surface area contributed by atoms with Gasteiger partial charge in [-0.05, 0) is 24.6 Å². The highest BCUT2D eigenvalue weighted by Gasteiger charge is 2.13. The molecule has 0 heterocycles. The normalized spacial score (nSPS) is 10.3. The zero-order valence-electron chi connectivity index (χ0n) is 8.81. The second-order valence-corrected chi connectivity index (χ2v) is 3.64. The van der Waals surface area contributed by atoms with Crippen LogP contribution in [0.2, 0.25) is 0 Å². The quantitative estimate of drug-likeness (QED) is 0.642. The van der Waals surface area contributed by atoms with Crippen molar-refractivity contribution in [3.63, 3.8) is 0 Å². The maximum atomic E-state index is 9.77. The third kappa shape index (κ3) is 1.56. The van der Waals surface area contributed by atoms with E-state index in [4.69, 9.17) is 0 Å². The van der Waals surface area contributed by atoms with Crippen LogP contribution in [0.1, 0.15) is 5.56 Å². The van der Waals surface area contributed by atoms with E-state index in [2.05, 4.69) is 0 Å². The lowest BCUT2D eigenvalue weighted by Crippen LogP contribution is -1.85. The molecule has 0 saturated carbocycles. The summed E-state index contributed by atoms with van der Waals surface area (Å²) in [6.45, 7) is 1.83. The van der Waals surface area contributed by atoms with Gasteiger partial charge in [0.15, 0.2) is 11.5 Å². The fraction of sp³-hybridized carbons (Fsp3) is 0.0769. The van der Waals surface area contributed by atoms with Crippen molar-refractivity contribution in [1.29, 1.82) is 0 Å². The lowest BCUT2D eigenvalue weighted by Gasteiger charge is -2.10. The van der Waals surface area contributed by atoms with E-state index in [1.807, 2.05) is 13.0 Å². The van der Waals surface area contributed by atoms with Gasteiger partial charge in [0.25, 0.3) is 0 Å². The Bertz CT molecular complexity index is 512. The van der Waals surface area contributed by atoms with Crippen molar-refractivity contribution in [1.82, 2.24) is 0 Å². The van der Waals surface area contributed by atoms with E-state index < -0.39 is 0 Å². The van der Waals surface area contributed by atoms with Crippen molar-refractivity contribution >= 4 is 0 Å². The highest BCUT2D eigenvalue weighted by atomic mass is 16.3. The average Bonchev–Trinajstić information content (AvgIpc) is 2.24. The molecule has 82 valence electrons. The molecule has 0 unspecified atom stereocenters. The molecule has 0 spiro atoms. The average molecular weight is 216 g/mol. The predicted octanol–water partition coefficient (Wildman–Crippen LogP) is 2.78. The Balaban J connectivity index is 2.73. The Kier molecular flexibility index (Phi) is 2.44. The number of phenolic OH excluding ortho intramolecular Hbond substituents is 3. The van der Waals surface area contributed by atoms with E-state index in [-0.39, 0.29) is 17.2 Å². The van der Waals surface area contributed by atoms with Gasteiger partial charge in [0.05, 0.1) is 0 Å². The molecular weight excluding hydrogens is 204 g/mol. The van der Waals surface area contributed by atoms with E-state index in [1.54, 1.807) is 24.3 Å². The van der Waals surface area contributed by atoms with Gasteiger partial charge >= 0.3 is 0 Å². The Morgan fingerprint density at radius 2 is 1.44 bits per heavy atom. The number of rotatable bonds is 1. The minimum Gasteiger partial charge on any atom is -0.507 e. The maximum Gasteiger partial charge on any atom is 0.165 e. The van der Waals surface area contributed by atoms with Crippen molar-refractivity contribution in [2.45, 2.75) is 6.92 Å². The molecule has 0 aromatic heterocycles. The van der Waals surface area contributed by atoms with Crippen LogP contribution in [0.4, 0.5) is 0 Å². The van der Waals surface area contributed by atoms with Gasteiger partial charge in [-0.25, -0.2) is 0 Å². The second kappa shape index (κ2) is 3.77. The molecule has 2 aromatic carbocycles. The number of aromatic hydroxyl groups is 3. The summed E-state index contributed by atoms with van der Waals surface area (Å²) in [6, 6.07) is 9.78. The first-order chi connectivity index (χ1) is 7.61. The van der Waals surface area contributed by atoms with E-state index in [0.717, 1.165) is 5.56 Å². The van der Waals surface area contributed by atoms with Crippen LogP contribution in [0.15, 0.2) is 36.4 Å². The van der Waals surface area contributed by atoms with Crippen LogP contribution >= 0.6 is 0 Å². The van der Waals surface area contributed by atoms with Gasteiger partial charge in [-0.15, -0.1) is 0 Å². The highest BCUT2D eigenvalue weighted by molar-refractivity contribution is 5.79. The summed E-state index contributed by atoms with van der Waals surface area (Å²) in [4.78, 5) is 0. The van der Waals surface area contributed by atoms with Gasteiger partial charge < -0.3 is 15.3 Å². The predicted molar refractivity (Wildman–Crippen MR) is 61.6 cm³/mol. The third-order valence-corrected chi connectivity index (χ3v) is 2.53. The molecule has 16 heavy (non-hydrogen) atoms. The van der Waals surface area contributed by atoms with E-state index >= 15 is 0 Å². The van der Waals surface area contributed by atoms with E-state index in [1.165, 1.54) is 6.07 Å². The van der Waals surface area contributed by atoms with E-state index in [0.29, 0.717) is 11.1 Å². The summed E-state index contributed by atoms with van der Waals surface area (Å²) in [5.74, 6) is -0.326. The molecule has 0 atom stereocenters. The topological polar surface area (TPSA) is 60.7 Å². The Hall–Kier alpha value is -2.16.